The quantitative estimate of drug-likeness (QED) is 0.851. The molecule has 2 aliphatic rings. The average molecular weight is 308 g/mol. The predicted octanol–water partition coefficient (Wildman–Crippen LogP) is 0.113. The van der Waals surface area contributed by atoms with Gasteiger partial charge in [-0.05, 0) is 13.6 Å². The van der Waals surface area contributed by atoms with Crippen LogP contribution in [0.5, 0.6) is 0 Å². The highest BCUT2D eigenvalue weighted by molar-refractivity contribution is 5.89. The van der Waals surface area contributed by atoms with Crippen molar-refractivity contribution in [3.8, 4) is 0 Å². The van der Waals surface area contributed by atoms with Crippen molar-refractivity contribution >= 4 is 5.91 Å². The number of fused-ring (bicyclic) bond motifs is 1. The third kappa shape index (κ3) is 3.48. The first-order valence-corrected chi connectivity index (χ1v) is 7.95. The number of carbonyl (C=O) groups excluding carboxylic acids is 1. The maximum atomic E-state index is 12.2. The second-order valence-corrected chi connectivity index (χ2v) is 5.97. The van der Waals surface area contributed by atoms with Crippen molar-refractivity contribution < 1.29 is 13.9 Å². The SMILES string of the molecule is CCN1CCc2oc(C(=O)NCC3CN(C)CCO3)nc2C1. The Kier molecular flexibility index (Phi) is 4.75. The largest absolute Gasteiger partial charge is 0.437 e. The van der Waals surface area contributed by atoms with E-state index in [-0.39, 0.29) is 17.9 Å². The fourth-order valence-electron chi connectivity index (χ4n) is 2.89. The fraction of sp³-hybridized carbons (Fsp3) is 0.733. The molecule has 1 fully saturated rings. The highest BCUT2D eigenvalue weighted by atomic mass is 16.5. The van der Waals surface area contributed by atoms with Crippen LogP contribution >= 0.6 is 0 Å². The summed E-state index contributed by atoms with van der Waals surface area (Å²) in [4.78, 5) is 21.0. The van der Waals surface area contributed by atoms with Gasteiger partial charge in [0.25, 0.3) is 5.89 Å². The Labute approximate surface area is 130 Å². The van der Waals surface area contributed by atoms with Crippen molar-refractivity contribution in [3.05, 3.63) is 17.3 Å². The van der Waals surface area contributed by atoms with Gasteiger partial charge in [-0.15, -0.1) is 0 Å². The maximum absolute atomic E-state index is 12.2. The van der Waals surface area contributed by atoms with E-state index in [4.69, 9.17) is 9.15 Å². The van der Waals surface area contributed by atoms with Gasteiger partial charge < -0.3 is 19.4 Å². The first-order valence-electron chi connectivity index (χ1n) is 7.95. The second-order valence-electron chi connectivity index (χ2n) is 5.97. The Morgan fingerprint density at radius 3 is 3.09 bits per heavy atom. The van der Waals surface area contributed by atoms with Crippen molar-refractivity contribution in [2.24, 2.45) is 0 Å². The molecule has 1 aromatic heterocycles. The van der Waals surface area contributed by atoms with Crippen LogP contribution in [-0.4, -0.2) is 73.2 Å². The molecular formula is C15H24N4O3. The molecule has 122 valence electrons. The summed E-state index contributed by atoms with van der Waals surface area (Å²) in [5.41, 5.74) is 0.895. The van der Waals surface area contributed by atoms with Gasteiger partial charge >= 0.3 is 5.91 Å². The van der Waals surface area contributed by atoms with Crippen molar-refractivity contribution in [2.75, 3.05) is 46.4 Å². The number of nitrogens with one attached hydrogen (secondary N) is 1. The number of morpholine rings is 1. The van der Waals surface area contributed by atoms with Gasteiger partial charge in [-0.2, -0.15) is 0 Å². The third-order valence-electron chi connectivity index (χ3n) is 4.28. The number of hydrogen-bond donors (Lipinski definition) is 1. The summed E-state index contributed by atoms with van der Waals surface area (Å²) in [5, 5.41) is 2.86. The average Bonchev–Trinajstić information content (AvgIpc) is 2.95. The van der Waals surface area contributed by atoms with E-state index in [1.54, 1.807) is 0 Å². The van der Waals surface area contributed by atoms with Crippen LogP contribution in [0.2, 0.25) is 0 Å². The maximum Gasteiger partial charge on any atom is 0.307 e. The summed E-state index contributed by atoms with van der Waals surface area (Å²) >= 11 is 0. The standard InChI is InChI=1S/C15H24N4O3/c1-3-19-5-4-13-12(10-19)17-15(22-13)14(20)16-8-11-9-18(2)6-7-21-11/h11H,3-10H2,1-2H3,(H,16,20). The molecule has 1 amide bonds. The normalized spacial score (nSPS) is 23.3. The molecule has 2 aliphatic heterocycles. The molecule has 0 bridgehead atoms. The van der Waals surface area contributed by atoms with Crippen LogP contribution < -0.4 is 5.32 Å². The molecular weight excluding hydrogens is 284 g/mol. The molecule has 0 radical (unpaired) electrons. The van der Waals surface area contributed by atoms with E-state index in [2.05, 4.69) is 34.1 Å². The Morgan fingerprint density at radius 1 is 1.45 bits per heavy atom. The molecule has 1 atom stereocenters. The number of ether oxygens (including phenoxy) is 1. The first kappa shape index (κ1) is 15.5. The van der Waals surface area contributed by atoms with Crippen LogP contribution in [-0.2, 0) is 17.7 Å². The Balaban J connectivity index is 1.55. The van der Waals surface area contributed by atoms with Crippen LogP contribution in [0.4, 0.5) is 0 Å². The highest BCUT2D eigenvalue weighted by Crippen LogP contribution is 2.19. The molecule has 22 heavy (non-hydrogen) atoms. The number of nitrogens with zero attached hydrogens (tertiary/aromatic N) is 3. The number of carbonyl (C=O) groups is 1. The van der Waals surface area contributed by atoms with Crippen LogP contribution in [0.3, 0.4) is 0 Å². The number of rotatable bonds is 4. The van der Waals surface area contributed by atoms with E-state index in [0.717, 1.165) is 50.6 Å². The smallest absolute Gasteiger partial charge is 0.307 e. The van der Waals surface area contributed by atoms with Gasteiger partial charge in [0.1, 0.15) is 5.76 Å². The monoisotopic (exact) mass is 308 g/mol. The van der Waals surface area contributed by atoms with E-state index >= 15 is 0 Å². The molecule has 3 heterocycles. The number of aromatic nitrogens is 1. The molecule has 7 heteroatoms. The minimum absolute atomic E-state index is 0.0304. The molecule has 1 aromatic rings. The van der Waals surface area contributed by atoms with Crippen molar-refractivity contribution in [3.63, 3.8) is 0 Å². The molecule has 1 unspecified atom stereocenters. The Morgan fingerprint density at radius 2 is 2.32 bits per heavy atom. The second kappa shape index (κ2) is 6.76. The third-order valence-corrected chi connectivity index (χ3v) is 4.28. The highest BCUT2D eigenvalue weighted by Gasteiger charge is 2.25. The van der Waals surface area contributed by atoms with E-state index in [9.17, 15) is 4.79 Å². The molecule has 0 saturated carbocycles. The van der Waals surface area contributed by atoms with Crippen LogP contribution in [0.25, 0.3) is 0 Å². The zero-order valence-electron chi connectivity index (χ0n) is 13.3. The molecule has 1 saturated heterocycles. The summed E-state index contributed by atoms with van der Waals surface area (Å²) in [6, 6.07) is 0. The molecule has 0 aliphatic carbocycles. The van der Waals surface area contributed by atoms with Crippen LogP contribution in [0.1, 0.15) is 29.1 Å². The Hall–Kier alpha value is -1.44. The van der Waals surface area contributed by atoms with Gasteiger partial charge in [-0.25, -0.2) is 4.98 Å². The molecule has 7 nitrogen and oxygen atoms in total. The molecule has 1 N–H and O–H groups in total. The summed E-state index contributed by atoms with van der Waals surface area (Å²) < 4.78 is 11.3. The lowest BCUT2D eigenvalue weighted by Crippen LogP contribution is -2.45. The summed E-state index contributed by atoms with van der Waals surface area (Å²) in [6.07, 6.45) is 0.850. The zero-order chi connectivity index (χ0) is 15.5. The van der Waals surface area contributed by atoms with Gasteiger partial charge in [0, 0.05) is 39.1 Å². The number of oxazole rings is 1. The van der Waals surface area contributed by atoms with Crippen molar-refractivity contribution in [1.29, 1.82) is 0 Å². The van der Waals surface area contributed by atoms with Gasteiger partial charge in [-0.3, -0.25) is 9.69 Å². The zero-order valence-corrected chi connectivity index (χ0v) is 13.3. The topological polar surface area (TPSA) is 70.8 Å². The van der Waals surface area contributed by atoms with E-state index in [1.807, 2.05) is 0 Å². The van der Waals surface area contributed by atoms with Gasteiger partial charge in [0.05, 0.1) is 18.4 Å². The van der Waals surface area contributed by atoms with Gasteiger partial charge in [0.2, 0.25) is 0 Å². The van der Waals surface area contributed by atoms with Crippen molar-refractivity contribution in [1.82, 2.24) is 20.1 Å². The molecule has 3 rings (SSSR count). The van der Waals surface area contributed by atoms with E-state index in [0.29, 0.717) is 13.2 Å². The Bertz CT molecular complexity index is 531. The fourth-order valence-corrected chi connectivity index (χ4v) is 2.89. The molecule has 0 aromatic carbocycles. The van der Waals surface area contributed by atoms with Crippen LogP contribution in [0.15, 0.2) is 4.42 Å². The lowest BCUT2D eigenvalue weighted by molar-refractivity contribution is -0.0176. The number of hydrogen-bond acceptors (Lipinski definition) is 6. The van der Waals surface area contributed by atoms with Crippen LogP contribution in [0, 0.1) is 0 Å². The number of likely N-dealkylation sites (N-methyl/N-ethyl adjacent to an activating group) is 2. The summed E-state index contributed by atoms with van der Waals surface area (Å²) in [7, 11) is 2.05. The van der Waals surface area contributed by atoms with Crippen molar-refractivity contribution in [2.45, 2.75) is 26.0 Å². The van der Waals surface area contributed by atoms with E-state index in [1.165, 1.54) is 0 Å². The predicted molar refractivity (Wildman–Crippen MR) is 80.7 cm³/mol. The lowest BCUT2D eigenvalue weighted by Gasteiger charge is -2.29. The van der Waals surface area contributed by atoms with Gasteiger partial charge in [0.15, 0.2) is 0 Å². The minimum atomic E-state index is -0.255. The number of amides is 1. The van der Waals surface area contributed by atoms with Gasteiger partial charge in [-0.1, -0.05) is 6.92 Å². The van der Waals surface area contributed by atoms with E-state index < -0.39 is 0 Å². The summed E-state index contributed by atoms with van der Waals surface area (Å²) in [6.45, 7) is 7.79. The first-order chi connectivity index (χ1) is 10.7. The molecule has 0 spiro atoms. The minimum Gasteiger partial charge on any atom is -0.437 e. The lowest BCUT2D eigenvalue weighted by atomic mass is 10.2. The summed E-state index contributed by atoms with van der Waals surface area (Å²) in [5.74, 6) is 0.768.